The van der Waals surface area contributed by atoms with Gasteiger partial charge in [-0.1, -0.05) is 19.9 Å². The monoisotopic (exact) mass is 171 g/mol. The SMILES string of the molecule is C=CC(C)(C)C[C@H](N)C(=O)OC. The van der Waals surface area contributed by atoms with Gasteiger partial charge in [0.25, 0.3) is 0 Å². The summed E-state index contributed by atoms with van der Waals surface area (Å²) in [5.74, 6) is -0.370. The molecular formula is C9H17NO2. The van der Waals surface area contributed by atoms with Crippen molar-refractivity contribution < 1.29 is 9.53 Å². The van der Waals surface area contributed by atoms with Gasteiger partial charge in [0.2, 0.25) is 0 Å². The van der Waals surface area contributed by atoms with Crippen molar-refractivity contribution in [3.8, 4) is 0 Å². The normalized spacial score (nSPS) is 13.7. The van der Waals surface area contributed by atoms with Crippen LogP contribution in [0.3, 0.4) is 0 Å². The maximum Gasteiger partial charge on any atom is 0.322 e. The largest absolute Gasteiger partial charge is 0.468 e. The molecule has 3 heteroatoms. The second-order valence-corrected chi connectivity index (χ2v) is 3.53. The van der Waals surface area contributed by atoms with Gasteiger partial charge in [0, 0.05) is 0 Å². The zero-order chi connectivity index (χ0) is 9.78. The van der Waals surface area contributed by atoms with Gasteiger partial charge in [0.05, 0.1) is 7.11 Å². The fourth-order valence-electron chi connectivity index (χ4n) is 0.885. The first-order valence-corrected chi connectivity index (χ1v) is 3.90. The molecule has 0 radical (unpaired) electrons. The van der Waals surface area contributed by atoms with E-state index in [0.29, 0.717) is 6.42 Å². The standard InChI is InChI=1S/C9H17NO2/c1-5-9(2,3)6-7(10)8(11)12-4/h5,7H,1,6,10H2,2-4H3/t7-/m0/s1. The second kappa shape index (κ2) is 4.26. The highest BCUT2D eigenvalue weighted by molar-refractivity contribution is 5.75. The molecule has 0 aromatic heterocycles. The molecule has 0 aromatic carbocycles. The Morgan fingerprint density at radius 1 is 1.75 bits per heavy atom. The Balaban J connectivity index is 4.08. The second-order valence-electron chi connectivity index (χ2n) is 3.53. The molecule has 0 amide bonds. The molecule has 3 nitrogen and oxygen atoms in total. The first-order valence-electron chi connectivity index (χ1n) is 3.90. The molecule has 0 saturated carbocycles. The number of carbonyl (C=O) groups excluding carboxylic acids is 1. The van der Waals surface area contributed by atoms with E-state index in [-0.39, 0.29) is 11.4 Å². The zero-order valence-corrected chi connectivity index (χ0v) is 7.96. The molecule has 0 unspecified atom stereocenters. The van der Waals surface area contributed by atoms with E-state index in [1.54, 1.807) is 6.08 Å². The molecular weight excluding hydrogens is 154 g/mol. The average molecular weight is 171 g/mol. The van der Waals surface area contributed by atoms with Crippen LogP contribution in [0.4, 0.5) is 0 Å². The van der Waals surface area contributed by atoms with E-state index in [9.17, 15) is 4.79 Å². The van der Waals surface area contributed by atoms with E-state index in [1.807, 2.05) is 13.8 Å². The molecule has 2 N–H and O–H groups in total. The number of esters is 1. The van der Waals surface area contributed by atoms with Crippen molar-refractivity contribution in [1.82, 2.24) is 0 Å². The van der Waals surface area contributed by atoms with Crippen LogP contribution in [-0.4, -0.2) is 19.1 Å². The van der Waals surface area contributed by atoms with Crippen molar-refractivity contribution in [2.45, 2.75) is 26.3 Å². The third kappa shape index (κ3) is 3.53. The van der Waals surface area contributed by atoms with Crippen molar-refractivity contribution in [1.29, 1.82) is 0 Å². The van der Waals surface area contributed by atoms with E-state index in [0.717, 1.165) is 0 Å². The first-order chi connectivity index (χ1) is 5.43. The van der Waals surface area contributed by atoms with Crippen LogP contribution in [0.5, 0.6) is 0 Å². The van der Waals surface area contributed by atoms with Crippen LogP contribution >= 0.6 is 0 Å². The Bertz CT molecular complexity index is 175. The number of ether oxygens (including phenoxy) is 1. The topological polar surface area (TPSA) is 52.3 Å². The number of hydrogen-bond donors (Lipinski definition) is 1. The van der Waals surface area contributed by atoms with E-state index in [2.05, 4.69) is 11.3 Å². The maximum atomic E-state index is 10.9. The lowest BCUT2D eigenvalue weighted by atomic mass is 9.86. The fourth-order valence-corrected chi connectivity index (χ4v) is 0.885. The smallest absolute Gasteiger partial charge is 0.322 e. The molecule has 0 bridgehead atoms. The fraction of sp³-hybridized carbons (Fsp3) is 0.667. The molecule has 0 rings (SSSR count). The van der Waals surface area contributed by atoms with Crippen LogP contribution in [-0.2, 0) is 9.53 Å². The van der Waals surface area contributed by atoms with Gasteiger partial charge >= 0.3 is 5.97 Å². The summed E-state index contributed by atoms with van der Waals surface area (Å²) in [4.78, 5) is 10.9. The van der Waals surface area contributed by atoms with Gasteiger partial charge in [0.15, 0.2) is 0 Å². The van der Waals surface area contributed by atoms with Crippen molar-refractivity contribution >= 4 is 5.97 Å². The van der Waals surface area contributed by atoms with E-state index >= 15 is 0 Å². The van der Waals surface area contributed by atoms with Gasteiger partial charge in [-0.05, 0) is 11.8 Å². The predicted octanol–water partition coefficient (Wildman–Crippen LogP) is 1.09. The number of hydrogen-bond acceptors (Lipinski definition) is 3. The molecule has 0 fully saturated rings. The molecule has 1 atom stereocenters. The van der Waals surface area contributed by atoms with Crippen LogP contribution in [0.15, 0.2) is 12.7 Å². The lowest BCUT2D eigenvalue weighted by Gasteiger charge is -2.22. The summed E-state index contributed by atoms with van der Waals surface area (Å²) in [7, 11) is 1.34. The van der Waals surface area contributed by atoms with Gasteiger partial charge in [-0.15, -0.1) is 6.58 Å². The van der Waals surface area contributed by atoms with Crippen molar-refractivity contribution in [2.75, 3.05) is 7.11 Å². The third-order valence-corrected chi connectivity index (χ3v) is 1.80. The molecule has 0 aliphatic carbocycles. The Labute approximate surface area is 73.6 Å². The van der Waals surface area contributed by atoms with Crippen LogP contribution in [0, 0.1) is 5.41 Å². The van der Waals surface area contributed by atoms with Crippen LogP contribution in [0.2, 0.25) is 0 Å². The molecule has 0 aliphatic heterocycles. The summed E-state index contributed by atoms with van der Waals surface area (Å²) in [5, 5.41) is 0. The van der Waals surface area contributed by atoms with Gasteiger partial charge in [-0.25, -0.2) is 0 Å². The summed E-state index contributed by atoms with van der Waals surface area (Å²) in [6.45, 7) is 7.61. The Hall–Kier alpha value is -0.830. The Morgan fingerprint density at radius 3 is 2.58 bits per heavy atom. The first kappa shape index (κ1) is 11.2. The summed E-state index contributed by atoms with van der Waals surface area (Å²) in [6, 6.07) is -0.553. The number of allylic oxidation sites excluding steroid dienone is 1. The minimum absolute atomic E-state index is 0.117. The minimum Gasteiger partial charge on any atom is -0.468 e. The number of methoxy groups -OCH3 is 1. The highest BCUT2D eigenvalue weighted by Crippen LogP contribution is 2.22. The minimum atomic E-state index is -0.553. The predicted molar refractivity (Wildman–Crippen MR) is 48.6 cm³/mol. The summed E-state index contributed by atoms with van der Waals surface area (Å²) in [5.41, 5.74) is 5.45. The summed E-state index contributed by atoms with van der Waals surface area (Å²) in [6.07, 6.45) is 2.35. The number of rotatable bonds is 4. The lowest BCUT2D eigenvalue weighted by molar-refractivity contribution is -0.142. The molecule has 0 saturated heterocycles. The van der Waals surface area contributed by atoms with Crippen LogP contribution in [0.1, 0.15) is 20.3 Å². The van der Waals surface area contributed by atoms with Crippen LogP contribution in [0.25, 0.3) is 0 Å². The van der Waals surface area contributed by atoms with Gasteiger partial charge in [-0.2, -0.15) is 0 Å². The van der Waals surface area contributed by atoms with Gasteiger partial charge < -0.3 is 10.5 Å². The molecule has 0 aliphatic rings. The van der Waals surface area contributed by atoms with Crippen molar-refractivity contribution in [2.24, 2.45) is 11.1 Å². The quantitative estimate of drug-likeness (QED) is 0.509. The highest BCUT2D eigenvalue weighted by atomic mass is 16.5. The number of carbonyl (C=O) groups is 1. The van der Waals surface area contributed by atoms with Crippen molar-refractivity contribution in [3.63, 3.8) is 0 Å². The third-order valence-electron chi connectivity index (χ3n) is 1.80. The molecule has 0 heterocycles. The zero-order valence-electron chi connectivity index (χ0n) is 7.96. The highest BCUT2D eigenvalue weighted by Gasteiger charge is 2.22. The van der Waals surface area contributed by atoms with E-state index in [1.165, 1.54) is 7.11 Å². The van der Waals surface area contributed by atoms with E-state index < -0.39 is 6.04 Å². The Kier molecular flexibility index (Phi) is 3.96. The summed E-state index contributed by atoms with van der Waals surface area (Å²) >= 11 is 0. The van der Waals surface area contributed by atoms with Crippen molar-refractivity contribution in [3.05, 3.63) is 12.7 Å². The Morgan fingerprint density at radius 2 is 2.25 bits per heavy atom. The summed E-state index contributed by atoms with van der Waals surface area (Å²) < 4.78 is 4.50. The molecule has 12 heavy (non-hydrogen) atoms. The van der Waals surface area contributed by atoms with Gasteiger partial charge in [-0.3, -0.25) is 4.79 Å². The van der Waals surface area contributed by atoms with Crippen LogP contribution < -0.4 is 5.73 Å². The van der Waals surface area contributed by atoms with Gasteiger partial charge in [0.1, 0.15) is 6.04 Å². The number of nitrogens with two attached hydrogens (primary N) is 1. The lowest BCUT2D eigenvalue weighted by Crippen LogP contribution is -2.35. The molecule has 0 aromatic rings. The molecule has 70 valence electrons. The molecule has 0 spiro atoms. The average Bonchev–Trinajstić information content (AvgIpc) is 2.02. The van der Waals surface area contributed by atoms with E-state index in [4.69, 9.17) is 5.73 Å². The maximum absolute atomic E-state index is 10.9.